The number of ether oxygens (including phenoxy) is 1. The monoisotopic (exact) mass is 306 g/mol. The average Bonchev–Trinajstić information content (AvgIpc) is 3.31. The van der Waals surface area contributed by atoms with E-state index in [1.54, 1.807) is 6.07 Å². The van der Waals surface area contributed by atoms with Gasteiger partial charge in [0.25, 0.3) is 0 Å². The molecule has 3 rings (SSSR count). The summed E-state index contributed by atoms with van der Waals surface area (Å²) in [6.45, 7) is 1.08. The highest BCUT2D eigenvalue weighted by molar-refractivity contribution is 6.30. The lowest BCUT2D eigenvalue weighted by Crippen LogP contribution is -2.16. The smallest absolute Gasteiger partial charge is 0.145 e. The number of hydrogen-bond acceptors (Lipinski definition) is 3. The fourth-order valence-corrected chi connectivity index (χ4v) is 2.09. The molecule has 0 atom stereocenters. The highest BCUT2D eigenvalue weighted by atomic mass is 35.5. The van der Waals surface area contributed by atoms with Crippen molar-refractivity contribution in [3.63, 3.8) is 0 Å². The van der Waals surface area contributed by atoms with Crippen LogP contribution in [-0.2, 0) is 13.2 Å². The van der Waals surface area contributed by atoms with Crippen molar-refractivity contribution < 1.29 is 9.13 Å². The second-order valence-electron chi connectivity index (χ2n) is 5.14. The van der Waals surface area contributed by atoms with Crippen molar-refractivity contribution in [2.24, 2.45) is 0 Å². The number of rotatable bonds is 6. The zero-order valence-electron chi connectivity index (χ0n) is 11.5. The molecule has 0 bridgehead atoms. The van der Waals surface area contributed by atoms with Crippen LogP contribution in [0.15, 0.2) is 36.4 Å². The normalized spacial score (nSPS) is 14.2. The van der Waals surface area contributed by atoms with Crippen LogP contribution >= 0.6 is 11.6 Å². The second kappa shape index (κ2) is 6.41. The molecule has 0 saturated heterocycles. The summed E-state index contributed by atoms with van der Waals surface area (Å²) in [7, 11) is 0. The maximum Gasteiger partial charge on any atom is 0.145 e. The van der Waals surface area contributed by atoms with Crippen LogP contribution in [0, 0.1) is 5.82 Å². The molecule has 1 fully saturated rings. The molecule has 3 nitrogen and oxygen atoms in total. The summed E-state index contributed by atoms with van der Waals surface area (Å²) in [5.41, 5.74) is 1.81. The molecule has 0 radical (unpaired) electrons. The molecule has 1 N–H and O–H groups in total. The van der Waals surface area contributed by atoms with Crippen LogP contribution in [0.1, 0.15) is 24.2 Å². The molecular formula is C16H16ClFN2O. The Hall–Kier alpha value is -1.65. The van der Waals surface area contributed by atoms with E-state index in [0.717, 1.165) is 17.9 Å². The quantitative estimate of drug-likeness (QED) is 0.883. The minimum Gasteiger partial charge on any atom is -0.487 e. The van der Waals surface area contributed by atoms with Crippen molar-refractivity contribution in [2.75, 3.05) is 0 Å². The van der Waals surface area contributed by atoms with Gasteiger partial charge < -0.3 is 10.1 Å². The van der Waals surface area contributed by atoms with Gasteiger partial charge in [0.15, 0.2) is 0 Å². The molecule has 0 aliphatic heterocycles. The van der Waals surface area contributed by atoms with Crippen molar-refractivity contribution in [3.8, 4) is 5.75 Å². The van der Waals surface area contributed by atoms with Crippen LogP contribution in [0.2, 0.25) is 5.02 Å². The van der Waals surface area contributed by atoms with Gasteiger partial charge >= 0.3 is 0 Å². The molecule has 0 spiro atoms. The maximum absolute atomic E-state index is 13.3. The third kappa shape index (κ3) is 4.16. The molecule has 1 aliphatic rings. The van der Waals surface area contributed by atoms with Crippen LogP contribution in [-0.4, -0.2) is 11.0 Å². The third-order valence-corrected chi connectivity index (χ3v) is 3.60. The molecule has 1 aromatic heterocycles. The fraction of sp³-hybridized carbons (Fsp3) is 0.312. The van der Waals surface area contributed by atoms with E-state index in [4.69, 9.17) is 16.3 Å². The Labute approximate surface area is 128 Å². The first-order valence-electron chi connectivity index (χ1n) is 6.97. The highest BCUT2D eigenvalue weighted by Gasteiger charge is 2.20. The van der Waals surface area contributed by atoms with Crippen LogP contribution in [0.3, 0.4) is 0 Å². The summed E-state index contributed by atoms with van der Waals surface area (Å²) in [5, 5.41) is 3.51. The lowest BCUT2D eigenvalue weighted by atomic mass is 10.3. The summed E-state index contributed by atoms with van der Waals surface area (Å²) in [6.07, 6.45) is 2.51. The van der Waals surface area contributed by atoms with Gasteiger partial charge in [-0.3, -0.25) is 4.98 Å². The molecule has 1 aromatic carbocycles. The molecule has 2 aromatic rings. The molecule has 1 aliphatic carbocycles. The zero-order valence-corrected chi connectivity index (χ0v) is 12.2. The largest absolute Gasteiger partial charge is 0.487 e. The predicted octanol–water partition coefficient (Wildman–Crippen LogP) is 3.71. The zero-order chi connectivity index (χ0) is 14.7. The van der Waals surface area contributed by atoms with Crippen molar-refractivity contribution in [3.05, 3.63) is 58.6 Å². The number of nitrogens with zero attached hydrogens (tertiary/aromatic N) is 1. The molecule has 0 unspecified atom stereocenters. The van der Waals surface area contributed by atoms with E-state index >= 15 is 0 Å². The van der Waals surface area contributed by atoms with E-state index in [1.165, 1.54) is 25.0 Å². The summed E-state index contributed by atoms with van der Waals surface area (Å²) in [5.74, 6) is -0.0373. The summed E-state index contributed by atoms with van der Waals surface area (Å²) in [4.78, 5) is 4.52. The van der Waals surface area contributed by atoms with E-state index in [1.807, 2.05) is 18.2 Å². The van der Waals surface area contributed by atoms with Crippen molar-refractivity contribution in [1.82, 2.24) is 10.3 Å². The predicted molar refractivity (Wildman–Crippen MR) is 79.8 cm³/mol. The first kappa shape index (κ1) is 14.3. The Bertz CT molecular complexity index is 631. The van der Waals surface area contributed by atoms with Gasteiger partial charge in [-0.15, -0.1) is 0 Å². The molecular weight excluding hydrogens is 291 g/mol. The molecule has 110 valence electrons. The Balaban J connectivity index is 1.58. The standard InChI is InChI=1S/C16H16ClFN2O/c17-15-7-6-14(8-16(15)18)21-10-13-3-1-2-12(20-13)9-19-11-4-5-11/h1-3,6-8,11,19H,4-5,9-10H2. The fourth-order valence-electron chi connectivity index (χ4n) is 1.97. The topological polar surface area (TPSA) is 34.1 Å². The average molecular weight is 307 g/mol. The van der Waals surface area contributed by atoms with Crippen molar-refractivity contribution >= 4 is 11.6 Å². The number of hydrogen-bond donors (Lipinski definition) is 1. The van der Waals surface area contributed by atoms with Gasteiger partial charge in [0, 0.05) is 18.7 Å². The van der Waals surface area contributed by atoms with Gasteiger partial charge in [0.1, 0.15) is 18.2 Å². The van der Waals surface area contributed by atoms with Crippen LogP contribution in [0.25, 0.3) is 0 Å². The summed E-state index contributed by atoms with van der Waals surface area (Å²) in [6, 6.07) is 10.9. The van der Waals surface area contributed by atoms with Crippen molar-refractivity contribution in [1.29, 1.82) is 0 Å². The summed E-state index contributed by atoms with van der Waals surface area (Å²) < 4.78 is 18.9. The van der Waals surface area contributed by atoms with Crippen LogP contribution in [0.5, 0.6) is 5.75 Å². The van der Waals surface area contributed by atoms with Gasteiger partial charge in [-0.2, -0.15) is 0 Å². The molecule has 5 heteroatoms. The molecule has 1 heterocycles. The minimum absolute atomic E-state index is 0.0913. The number of pyridine rings is 1. The Morgan fingerprint density at radius 2 is 2.05 bits per heavy atom. The Kier molecular flexibility index (Phi) is 4.36. The number of benzene rings is 1. The Morgan fingerprint density at radius 3 is 2.81 bits per heavy atom. The van der Waals surface area contributed by atoms with Crippen LogP contribution < -0.4 is 10.1 Å². The van der Waals surface area contributed by atoms with Gasteiger partial charge in [0.2, 0.25) is 0 Å². The summed E-state index contributed by atoms with van der Waals surface area (Å²) >= 11 is 5.63. The van der Waals surface area contributed by atoms with Crippen LogP contribution in [0.4, 0.5) is 4.39 Å². The number of aromatic nitrogens is 1. The Morgan fingerprint density at radius 1 is 1.24 bits per heavy atom. The van der Waals surface area contributed by atoms with E-state index in [2.05, 4.69) is 10.3 Å². The van der Waals surface area contributed by atoms with Crippen molar-refractivity contribution in [2.45, 2.75) is 32.0 Å². The van der Waals surface area contributed by atoms with E-state index < -0.39 is 5.82 Å². The SMILES string of the molecule is Fc1cc(OCc2cccc(CNC3CC3)n2)ccc1Cl. The lowest BCUT2D eigenvalue weighted by molar-refractivity contribution is 0.299. The maximum atomic E-state index is 13.3. The van der Waals surface area contributed by atoms with Gasteiger partial charge in [0.05, 0.1) is 16.4 Å². The first-order valence-corrected chi connectivity index (χ1v) is 7.34. The van der Waals surface area contributed by atoms with Gasteiger partial charge in [-0.1, -0.05) is 17.7 Å². The first-order chi connectivity index (χ1) is 10.2. The lowest BCUT2D eigenvalue weighted by Gasteiger charge is -2.08. The van der Waals surface area contributed by atoms with E-state index in [0.29, 0.717) is 18.4 Å². The molecule has 21 heavy (non-hydrogen) atoms. The van der Waals surface area contributed by atoms with Gasteiger partial charge in [-0.05, 0) is 37.1 Å². The highest BCUT2D eigenvalue weighted by Crippen LogP contribution is 2.21. The second-order valence-corrected chi connectivity index (χ2v) is 5.55. The third-order valence-electron chi connectivity index (χ3n) is 3.29. The molecule has 1 saturated carbocycles. The number of nitrogens with one attached hydrogen (secondary N) is 1. The van der Waals surface area contributed by atoms with E-state index in [-0.39, 0.29) is 5.02 Å². The minimum atomic E-state index is -0.482. The van der Waals surface area contributed by atoms with E-state index in [9.17, 15) is 4.39 Å². The molecule has 0 amide bonds. The number of halogens is 2. The van der Waals surface area contributed by atoms with Gasteiger partial charge in [-0.25, -0.2) is 4.39 Å².